The summed E-state index contributed by atoms with van der Waals surface area (Å²) in [4.78, 5) is 33.5. The van der Waals surface area contributed by atoms with Gasteiger partial charge in [-0.3, -0.25) is 9.59 Å². The van der Waals surface area contributed by atoms with Gasteiger partial charge in [0.1, 0.15) is 6.04 Å². The topological polar surface area (TPSA) is 109 Å². The molecule has 0 saturated carbocycles. The van der Waals surface area contributed by atoms with E-state index in [1.165, 1.54) is 18.2 Å². The van der Waals surface area contributed by atoms with Crippen LogP contribution in [-0.2, 0) is 9.59 Å². The second-order valence-corrected chi connectivity index (χ2v) is 4.81. The number of carbonyl (C=O) groups excluding carboxylic acids is 2. The summed E-state index contributed by atoms with van der Waals surface area (Å²) >= 11 is 11.5. The van der Waals surface area contributed by atoms with Crippen molar-refractivity contribution in [1.82, 2.24) is 5.32 Å². The Morgan fingerprint density at radius 1 is 1.25 bits per heavy atom. The second kappa shape index (κ2) is 7.12. The van der Waals surface area contributed by atoms with E-state index < -0.39 is 23.8 Å². The summed E-state index contributed by atoms with van der Waals surface area (Å²) in [6.07, 6.45) is -0.226. The van der Waals surface area contributed by atoms with Gasteiger partial charge in [0.25, 0.3) is 5.91 Å². The fourth-order valence-electron chi connectivity index (χ4n) is 1.42. The zero-order valence-corrected chi connectivity index (χ0v) is 11.7. The van der Waals surface area contributed by atoms with E-state index >= 15 is 0 Å². The van der Waals surface area contributed by atoms with Crippen LogP contribution in [0.3, 0.4) is 0 Å². The number of rotatable bonds is 6. The maximum Gasteiger partial charge on any atom is 0.326 e. The van der Waals surface area contributed by atoms with Gasteiger partial charge in [0.2, 0.25) is 5.91 Å². The van der Waals surface area contributed by atoms with Gasteiger partial charge in [-0.25, -0.2) is 4.79 Å². The standard InChI is InChI=1S/C12H12Cl2N2O4/c13-7-2-1-6(5-8(7)14)11(18)16-9(12(19)20)3-4-10(15)17/h1-2,5,9H,3-4H2,(H2,15,17)(H,16,18)(H,19,20). The van der Waals surface area contributed by atoms with Crippen LogP contribution in [0, 0.1) is 0 Å². The van der Waals surface area contributed by atoms with Gasteiger partial charge in [0.05, 0.1) is 10.0 Å². The van der Waals surface area contributed by atoms with Crippen LogP contribution < -0.4 is 11.1 Å². The lowest BCUT2D eigenvalue weighted by molar-refractivity contribution is -0.139. The summed E-state index contributed by atoms with van der Waals surface area (Å²) in [5.41, 5.74) is 5.11. The average Bonchev–Trinajstić information content (AvgIpc) is 2.36. The molecule has 0 aliphatic heterocycles. The Morgan fingerprint density at radius 2 is 1.90 bits per heavy atom. The van der Waals surface area contributed by atoms with Crippen LogP contribution in [0.25, 0.3) is 0 Å². The van der Waals surface area contributed by atoms with E-state index in [0.717, 1.165) is 0 Å². The number of benzene rings is 1. The van der Waals surface area contributed by atoms with Crippen molar-refractivity contribution in [2.45, 2.75) is 18.9 Å². The molecule has 0 bridgehead atoms. The number of hydrogen-bond donors (Lipinski definition) is 3. The quantitative estimate of drug-likeness (QED) is 0.737. The highest BCUT2D eigenvalue weighted by Gasteiger charge is 2.21. The lowest BCUT2D eigenvalue weighted by Gasteiger charge is -2.14. The van der Waals surface area contributed by atoms with Crippen LogP contribution in [-0.4, -0.2) is 28.9 Å². The number of amides is 2. The molecule has 0 aliphatic carbocycles. The first-order valence-electron chi connectivity index (χ1n) is 5.58. The predicted octanol–water partition coefficient (Wildman–Crippen LogP) is 1.44. The zero-order valence-electron chi connectivity index (χ0n) is 10.2. The van der Waals surface area contributed by atoms with Crippen molar-refractivity contribution in [1.29, 1.82) is 0 Å². The van der Waals surface area contributed by atoms with Gasteiger partial charge in [0, 0.05) is 12.0 Å². The number of hydrogen-bond acceptors (Lipinski definition) is 3. The molecule has 4 N–H and O–H groups in total. The van der Waals surface area contributed by atoms with E-state index in [1.54, 1.807) is 0 Å². The van der Waals surface area contributed by atoms with E-state index in [4.69, 9.17) is 34.0 Å². The molecule has 1 atom stereocenters. The van der Waals surface area contributed by atoms with Gasteiger partial charge in [0.15, 0.2) is 0 Å². The molecule has 0 spiro atoms. The Labute approximate surface area is 124 Å². The molecular formula is C12H12Cl2N2O4. The van der Waals surface area contributed by atoms with E-state index in [1.807, 2.05) is 0 Å². The van der Waals surface area contributed by atoms with E-state index in [2.05, 4.69) is 5.32 Å². The van der Waals surface area contributed by atoms with Gasteiger partial charge in [-0.05, 0) is 24.6 Å². The lowest BCUT2D eigenvalue weighted by atomic mass is 10.1. The third kappa shape index (κ3) is 4.71. The molecule has 0 radical (unpaired) electrons. The molecular weight excluding hydrogens is 307 g/mol. The summed E-state index contributed by atoms with van der Waals surface area (Å²) in [6, 6.07) is 2.96. The molecule has 108 valence electrons. The van der Waals surface area contributed by atoms with Crippen molar-refractivity contribution in [2.24, 2.45) is 5.73 Å². The highest BCUT2D eigenvalue weighted by molar-refractivity contribution is 6.42. The average molecular weight is 319 g/mol. The maximum absolute atomic E-state index is 11.9. The van der Waals surface area contributed by atoms with Gasteiger partial charge in [-0.15, -0.1) is 0 Å². The van der Waals surface area contributed by atoms with Crippen molar-refractivity contribution in [3.63, 3.8) is 0 Å². The number of halogens is 2. The molecule has 0 heterocycles. The smallest absolute Gasteiger partial charge is 0.326 e. The Balaban J connectivity index is 2.77. The Bertz CT molecular complexity index is 548. The zero-order chi connectivity index (χ0) is 15.3. The number of carboxylic acids is 1. The summed E-state index contributed by atoms with van der Waals surface area (Å²) in [7, 11) is 0. The second-order valence-electron chi connectivity index (χ2n) is 4.00. The number of carbonyl (C=O) groups is 3. The minimum atomic E-state index is -1.25. The van der Waals surface area contributed by atoms with Crippen LogP contribution in [0.2, 0.25) is 10.0 Å². The number of nitrogens with two attached hydrogens (primary N) is 1. The van der Waals surface area contributed by atoms with Crippen LogP contribution in [0.5, 0.6) is 0 Å². The first-order chi connectivity index (χ1) is 9.31. The summed E-state index contributed by atoms with van der Waals surface area (Å²) in [6.45, 7) is 0. The van der Waals surface area contributed by atoms with Gasteiger partial charge < -0.3 is 16.2 Å². The van der Waals surface area contributed by atoms with Crippen molar-refractivity contribution in [3.05, 3.63) is 33.8 Å². The number of aliphatic carboxylic acids is 1. The highest BCUT2D eigenvalue weighted by atomic mass is 35.5. The maximum atomic E-state index is 11.9. The summed E-state index contributed by atoms with van der Waals surface area (Å²) < 4.78 is 0. The first kappa shape index (κ1) is 16.3. The molecule has 2 amide bonds. The molecule has 0 saturated heterocycles. The minimum absolute atomic E-state index is 0.0856. The fraction of sp³-hybridized carbons (Fsp3) is 0.250. The first-order valence-corrected chi connectivity index (χ1v) is 6.34. The van der Waals surface area contributed by atoms with Crippen molar-refractivity contribution >= 4 is 41.0 Å². The third-order valence-corrected chi connectivity index (χ3v) is 3.20. The van der Waals surface area contributed by atoms with E-state index in [-0.39, 0.29) is 28.5 Å². The normalized spacial score (nSPS) is 11.7. The predicted molar refractivity (Wildman–Crippen MR) is 73.8 cm³/mol. The molecule has 0 aliphatic rings. The Kier molecular flexibility index (Phi) is 5.79. The molecule has 6 nitrogen and oxygen atoms in total. The minimum Gasteiger partial charge on any atom is -0.480 e. The number of primary amides is 1. The molecule has 0 fully saturated rings. The molecule has 20 heavy (non-hydrogen) atoms. The lowest BCUT2D eigenvalue weighted by Crippen LogP contribution is -2.41. The highest BCUT2D eigenvalue weighted by Crippen LogP contribution is 2.22. The van der Waals surface area contributed by atoms with Gasteiger partial charge >= 0.3 is 5.97 Å². The van der Waals surface area contributed by atoms with Gasteiger partial charge in [-0.1, -0.05) is 23.2 Å². The SMILES string of the molecule is NC(=O)CCC(NC(=O)c1ccc(Cl)c(Cl)c1)C(=O)O. The summed E-state index contributed by atoms with van der Waals surface area (Å²) in [5, 5.41) is 11.7. The van der Waals surface area contributed by atoms with E-state index in [9.17, 15) is 14.4 Å². The van der Waals surface area contributed by atoms with Crippen LogP contribution >= 0.6 is 23.2 Å². The van der Waals surface area contributed by atoms with Crippen molar-refractivity contribution < 1.29 is 19.5 Å². The Hall–Kier alpha value is -1.79. The number of carboxylic acid groups (broad SMARTS) is 1. The van der Waals surface area contributed by atoms with E-state index in [0.29, 0.717) is 0 Å². The molecule has 1 unspecified atom stereocenters. The largest absolute Gasteiger partial charge is 0.480 e. The molecule has 1 aromatic carbocycles. The summed E-state index contributed by atoms with van der Waals surface area (Å²) in [5.74, 6) is -2.51. The van der Waals surface area contributed by atoms with Crippen LogP contribution in [0.1, 0.15) is 23.2 Å². The third-order valence-electron chi connectivity index (χ3n) is 2.46. The molecule has 8 heteroatoms. The van der Waals surface area contributed by atoms with Crippen molar-refractivity contribution in [2.75, 3.05) is 0 Å². The molecule has 0 aromatic heterocycles. The molecule has 1 aromatic rings. The Morgan fingerprint density at radius 3 is 2.40 bits per heavy atom. The monoisotopic (exact) mass is 318 g/mol. The van der Waals surface area contributed by atoms with Crippen LogP contribution in [0.4, 0.5) is 0 Å². The van der Waals surface area contributed by atoms with Crippen LogP contribution in [0.15, 0.2) is 18.2 Å². The fourth-order valence-corrected chi connectivity index (χ4v) is 1.72. The van der Waals surface area contributed by atoms with Gasteiger partial charge in [-0.2, -0.15) is 0 Å². The number of nitrogens with one attached hydrogen (secondary N) is 1. The molecule has 1 rings (SSSR count). The van der Waals surface area contributed by atoms with Crippen molar-refractivity contribution in [3.8, 4) is 0 Å².